The van der Waals surface area contributed by atoms with E-state index in [0.717, 1.165) is 0 Å². The van der Waals surface area contributed by atoms with Crippen LogP contribution in [0.2, 0.25) is 0 Å². The minimum absolute atomic E-state index is 0. The van der Waals surface area contributed by atoms with Gasteiger partial charge in [0.2, 0.25) is 0 Å². The van der Waals surface area contributed by atoms with Gasteiger partial charge in [0.1, 0.15) is 0 Å². The second-order valence-electron chi connectivity index (χ2n) is 16.1. The van der Waals surface area contributed by atoms with Crippen LogP contribution in [0.15, 0.2) is 58.1 Å². The van der Waals surface area contributed by atoms with E-state index in [9.17, 15) is 113 Å². The van der Waals surface area contributed by atoms with Crippen molar-refractivity contribution < 1.29 is 133 Å². The molecule has 70 heavy (non-hydrogen) atoms. The van der Waals surface area contributed by atoms with Crippen LogP contribution in [-0.2, 0) is 20.1 Å². The molecule has 0 saturated carbocycles. The van der Waals surface area contributed by atoms with Gasteiger partial charge in [-0.2, -0.15) is 91.1 Å². The van der Waals surface area contributed by atoms with Gasteiger partial charge in [0, 0.05) is 56.1 Å². The first-order valence-corrected chi connectivity index (χ1v) is 21.9. The molecule has 4 heterocycles. The van der Waals surface area contributed by atoms with Crippen molar-refractivity contribution in [2.45, 2.75) is 113 Å². The van der Waals surface area contributed by atoms with E-state index < -0.39 is 117 Å². The number of alkyl halides is 18. The van der Waals surface area contributed by atoms with Crippen LogP contribution in [0.4, 0.5) is 113 Å². The van der Waals surface area contributed by atoms with E-state index in [4.69, 9.17) is 0 Å². The number of allylic oxidation sites excluding steroid dienone is 4. The zero-order valence-corrected chi connectivity index (χ0v) is 38.1. The number of halogens is 26. The summed E-state index contributed by atoms with van der Waals surface area (Å²) in [5.74, 6) is -5.98. The fourth-order valence-electron chi connectivity index (χ4n) is 7.19. The standard InChI is InChI=1S/2C13H10F7N.C12H16F6N2.F6P.Ir/c2*14-10-5-7(12(15,16)17)1-3-9(10)11-4-2-8(6-21-11)13(18,19)20;13-11(14,15)7-1-3-9(19-5-7)10-4-2-8(6-20-10)12(16,17)18;1-7(2,3,4,5)6;/h2*1,5,8,11H,2,4,6H2;7-10H,1-6H2;;/q3*-2;-1;. The minimum Gasteiger partial charge on any atom is 0 e. The van der Waals surface area contributed by atoms with Crippen molar-refractivity contribution in [2.24, 2.45) is 23.7 Å². The van der Waals surface area contributed by atoms with Crippen LogP contribution in [0.25, 0.3) is 21.3 Å². The van der Waals surface area contributed by atoms with Crippen LogP contribution in [0.5, 0.6) is 0 Å². The van der Waals surface area contributed by atoms with E-state index in [1.807, 2.05) is 0 Å². The zero-order valence-electron chi connectivity index (χ0n) is 34.8. The zero-order chi connectivity index (χ0) is 53.0. The Bertz CT molecular complexity index is 1770. The summed E-state index contributed by atoms with van der Waals surface area (Å²) in [6.45, 7) is -1.60. The predicted molar refractivity (Wildman–Crippen MR) is 197 cm³/mol. The molecule has 411 valence electrons. The van der Waals surface area contributed by atoms with Crippen molar-refractivity contribution in [1.29, 1.82) is 0 Å². The van der Waals surface area contributed by atoms with E-state index >= 15 is 0 Å². The Morgan fingerprint density at radius 1 is 0.414 bits per heavy atom. The Morgan fingerprint density at radius 3 is 0.829 bits per heavy atom. The van der Waals surface area contributed by atoms with Gasteiger partial charge in [0.15, 0.2) is 0 Å². The molecule has 2 aliphatic carbocycles. The van der Waals surface area contributed by atoms with Crippen LogP contribution >= 0.6 is 7.81 Å². The molecule has 0 amide bonds. The van der Waals surface area contributed by atoms with Gasteiger partial charge in [-0.25, -0.2) is 0 Å². The Morgan fingerprint density at radius 2 is 0.657 bits per heavy atom. The fourth-order valence-corrected chi connectivity index (χ4v) is 7.19. The maximum absolute atomic E-state index is 13.7. The van der Waals surface area contributed by atoms with E-state index in [-0.39, 0.29) is 108 Å². The first-order chi connectivity index (χ1) is 30.8. The average molecular weight is 1270 g/mol. The minimum atomic E-state index is -10.7. The van der Waals surface area contributed by atoms with Gasteiger partial charge in [0.05, 0.1) is 0 Å². The molecule has 6 aliphatic rings. The van der Waals surface area contributed by atoms with Gasteiger partial charge in [0.25, 0.3) is 0 Å². The first-order valence-electron chi connectivity index (χ1n) is 19.9. The van der Waals surface area contributed by atoms with Gasteiger partial charge in [-0.3, -0.25) is 20.2 Å². The second-order valence-corrected chi connectivity index (χ2v) is 18.1. The second kappa shape index (κ2) is 22.5. The molecule has 0 N–H and O–H groups in total. The number of rotatable bonds is 3. The molecule has 0 aromatic heterocycles. The van der Waals surface area contributed by atoms with Crippen LogP contribution in [0.1, 0.15) is 51.4 Å². The molecule has 0 spiro atoms. The summed E-state index contributed by atoms with van der Waals surface area (Å²) in [5, 5.41) is 15.4. The van der Waals surface area contributed by atoms with Crippen molar-refractivity contribution in [3.05, 3.63) is 91.7 Å². The van der Waals surface area contributed by atoms with Crippen LogP contribution in [0.3, 0.4) is 0 Å². The summed E-state index contributed by atoms with van der Waals surface area (Å²) in [4.78, 5) is 0. The summed E-state index contributed by atoms with van der Waals surface area (Å²) in [7, 11) is -10.7. The molecule has 4 saturated heterocycles. The third kappa shape index (κ3) is 21.8. The number of hydrogen-bond acceptors (Lipinski definition) is 0. The Hall–Kier alpha value is -2.64. The van der Waals surface area contributed by atoms with Gasteiger partial charge >= 0.3 is 70.0 Å². The Labute approximate surface area is 394 Å². The van der Waals surface area contributed by atoms with Crippen molar-refractivity contribution in [3.8, 4) is 0 Å². The topological polar surface area (TPSA) is 56.4 Å². The van der Waals surface area contributed by atoms with Crippen LogP contribution in [-0.4, -0.2) is 87.4 Å². The molecule has 6 rings (SSSR count). The van der Waals surface area contributed by atoms with E-state index in [1.54, 1.807) is 0 Å². The van der Waals surface area contributed by atoms with E-state index in [1.165, 1.54) is 0 Å². The molecule has 4 nitrogen and oxygen atoms in total. The molecular formula is C38H36F26IrN4P-7. The van der Waals surface area contributed by atoms with E-state index in [0.29, 0.717) is 24.3 Å². The summed E-state index contributed by atoms with van der Waals surface area (Å²) in [5.41, 5.74) is 1.52. The summed E-state index contributed by atoms with van der Waals surface area (Å²) < 4.78 is 311. The summed E-state index contributed by atoms with van der Waals surface area (Å²) >= 11 is 0. The molecule has 0 aromatic carbocycles. The van der Waals surface area contributed by atoms with Gasteiger partial charge in [-0.05, 0) is 36.8 Å². The number of piperidine rings is 4. The quantitative estimate of drug-likeness (QED) is 0.117. The smallest absolute Gasteiger partial charge is 0 e. The molecule has 4 fully saturated rings. The molecule has 1 radical (unpaired) electrons. The molecule has 8 unspecified atom stereocenters. The maximum Gasteiger partial charge on any atom is 0 e. The van der Waals surface area contributed by atoms with Crippen molar-refractivity contribution in [3.63, 3.8) is 0 Å². The predicted octanol–water partition coefficient (Wildman–Crippen LogP) is 17.4. The van der Waals surface area contributed by atoms with Crippen molar-refractivity contribution in [2.75, 3.05) is 26.2 Å². The largest absolute Gasteiger partial charge is 0 e. The van der Waals surface area contributed by atoms with Crippen LogP contribution < -0.4 is 0 Å². The third-order valence-corrected chi connectivity index (χ3v) is 10.9. The summed E-state index contributed by atoms with van der Waals surface area (Å²) in [6.07, 6.45) is -27.2. The normalized spacial score (nSPS) is 29.3. The molecule has 0 aromatic rings. The Balaban J connectivity index is 0.000000334. The monoisotopic (exact) mass is 1270 g/mol. The van der Waals surface area contributed by atoms with Gasteiger partial charge < -0.3 is 21.3 Å². The fraction of sp³-hybridized carbons (Fsp3) is 0.684. The van der Waals surface area contributed by atoms with E-state index in [2.05, 4.69) is 32.7 Å². The molecular weight excluding hydrogens is 1230 g/mol. The van der Waals surface area contributed by atoms with Gasteiger partial charge in [-0.15, -0.1) is 73.7 Å². The third-order valence-electron chi connectivity index (χ3n) is 10.9. The molecule has 8 atom stereocenters. The van der Waals surface area contributed by atoms with Crippen molar-refractivity contribution >= 4 is 7.81 Å². The maximum atomic E-state index is 13.7. The van der Waals surface area contributed by atoms with Gasteiger partial charge in [-0.1, -0.05) is 25.7 Å². The average Bonchev–Trinajstić information content (AvgIpc) is 3.18. The van der Waals surface area contributed by atoms with Crippen molar-refractivity contribution in [1.82, 2.24) is 0 Å². The van der Waals surface area contributed by atoms with Crippen LogP contribution in [0, 0.1) is 36.0 Å². The molecule has 4 aliphatic heterocycles. The SMILES string of the molecule is FC(F)(F)C1CCC(C2CCC(C(F)(F)F)C[N-]2)[N-]C1.F[C-]1C=C(C(F)(F)F)C=C=C1C1CCC(C(F)(F)F)C[N-]1.F[C-]1C=C(C(F)(F)F)C=C=C1C1CCC(C(F)(F)F)C[N-]1.F[P-](F)(F)(F)(F)F.[Ir]. The Kier molecular flexibility index (Phi) is 20.4. The molecule has 32 heteroatoms. The number of nitrogens with zero attached hydrogens (tertiary/aromatic N) is 4. The molecule has 0 bridgehead atoms. The first kappa shape index (κ1) is 63.5. The number of hydrogen-bond donors (Lipinski definition) is 0. The summed E-state index contributed by atoms with van der Waals surface area (Å²) in [6, 6.07) is -2.46.